The van der Waals surface area contributed by atoms with Gasteiger partial charge in [0.15, 0.2) is 12.4 Å². The fourth-order valence-electron chi connectivity index (χ4n) is 3.00. The Morgan fingerprint density at radius 1 is 0.960 bits per heavy atom. The van der Waals surface area contributed by atoms with Crippen molar-refractivity contribution in [2.45, 2.75) is 19.3 Å². The highest BCUT2D eigenvalue weighted by atomic mass is 16.5. The number of ketones is 1. The van der Waals surface area contributed by atoms with Crippen molar-refractivity contribution in [3.63, 3.8) is 0 Å². The summed E-state index contributed by atoms with van der Waals surface area (Å²) in [5.41, 5.74) is 3.35. The van der Waals surface area contributed by atoms with Crippen LogP contribution in [0.3, 0.4) is 0 Å². The smallest absolute Gasteiger partial charge is 0.342 e. The van der Waals surface area contributed by atoms with Crippen LogP contribution in [0.4, 0.5) is 0 Å². The molecule has 1 aliphatic carbocycles. The average Bonchev–Trinajstić information content (AvgIpc) is 3.12. The number of rotatable bonds is 6. The number of benzene rings is 2. The standard InChI is InChI=1S/C20H20O5/c1-23-16-8-9-17(19(11-16)24-2)20(22)25-12-18(21)15-7-6-13-4-3-5-14(13)10-15/h6-11H,3-5,12H2,1-2H3. The van der Waals surface area contributed by atoms with Gasteiger partial charge in [-0.3, -0.25) is 4.79 Å². The molecule has 3 rings (SSSR count). The highest BCUT2D eigenvalue weighted by molar-refractivity contribution is 6.00. The molecule has 25 heavy (non-hydrogen) atoms. The largest absolute Gasteiger partial charge is 0.497 e. The molecule has 0 spiro atoms. The van der Waals surface area contributed by atoms with Crippen molar-refractivity contribution in [3.8, 4) is 11.5 Å². The monoisotopic (exact) mass is 340 g/mol. The number of hydrogen-bond acceptors (Lipinski definition) is 5. The molecule has 0 radical (unpaired) electrons. The highest BCUT2D eigenvalue weighted by Gasteiger charge is 2.18. The van der Waals surface area contributed by atoms with Crippen molar-refractivity contribution in [1.29, 1.82) is 0 Å². The Kier molecular flexibility index (Phi) is 5.03. The van der Waals surface area contributed by atoms with E-state index in [-0.39, 0.29) is 18.0 Å². The van der Waals surface area contributed by atoms with Gasteiger partial charge in [0.05, 0.1) is 14.2 Å². The zero-order valence-corrected chi connectivity index (χ0v) is 14.3. The maximum atomic E-state index is 12.3. The minimum atomic E-state index is -0.603. The van der Waals surface area contributed by atoms with E-state index < -0.39 is 5.97 Å². The van der Waals surface area contributed by atoms with E-state index in [0.29, 0.717) is 17.1 Å². The van der Waals surface area contributed by atoms with E-state index in [2.05, 4.69) is 0 Å². The lowest BCUT2D eigenvalue weighted by Gasteiger charge is -2.10. The average molecular weight is 340 g/mol. The number of carbonyl (C=O) groups is 2. The Bertz CT molecular complexity index is 810. The number of hydrogen-bond donors (Lipinski definition) is 0. The summed E-state index contributed by atoms with van der Waals surface area (Å²) in [7, 11) is 2.99. The van der Waals surface area contributed by atoms with Gasteiger partial charge in [-0.05, 0) is 48.6 Å². The molecule has 0 unspecified atom stereocenters. The van der Waals surface area contributed by atoms with Crippen molar-refractivity contribution < 1.29 is 23.8 Å². The third kappa shape index (κ3) is 3.65. The van der Waals surface area contributed by atoms with E-state index in [9.17, 15) is 9.59 Å². The predicted molar refractivity (Wildman–Crippen MR) is 92.6 cm³/mol. The van der Waals surface area contributed by atoms with Crippen LogP contribution in [0.5, 0.6) is 11.5 Å². The molecule has 0 atom stereocenters. The molecule has 130 valence electrons. The highest BCUT2D eigenvalue weighted by Crippen LogP contribution is 2.26. The molecule has 0 fully saturated rings. The lowest BCUT2D eigenvalue weighted by Crippen LogP contribution is -2.15. The summed E-state index contributed by atoms with van der Waals surface area (Å²) in [5, 5.41) is 0. The Morgan fingerprint density at radius 2 is 1.76 bits per heavy atom. The van der Waals surface area contributed by atoms with E-state index in [4.69, 9.17) is 14.2 Å². The van der Waals surface area contributed by atoms with Gasteiger partial charge in [0.2, 0.25) is 0 Å². The summed E-state index contributed by atoms with van der Waals surface area (Å²) in [6.45, 7) is -0.299. The van der Waals surface area contributed by atoms with Crippen molar-refractivity contribution in [3.05, 3.63) is 58.7 Å². The number of fused-ring (bicyclic) bond motifs is 1. The molecule has 1 aliphatic rings. The van der Waals surface area contributed by atoms with E-state index >= 15 is 0 Å². The van der Waals surface area contributed by atoms with Crippen molar-refractivity contribution >= 4 is 11.8 Å². The number of esters is 1. The molecule has 0 amide bonds. The first kappa shape index (κ1) is 17.0. The second-order valence-corrected chi connectivity index (χ2v) is 5.90. The molecule has 0 saturated carbocycles. The predicted octanol–water partition coefficient (Wildman–Crippen LogP) is 3.23. The summed E-state index contributed by atoms with van der Waals surface area (Å²) in [6.07, 6.45) is 3.19. The van der Waals surface area contributed by atoms with Gasteiger partial charge in [0.1, 0.15) is 17.1 Å². The van der Waals surface area contributed by atoms with Crippen LogP contribution in [0.1, 0.15) is 38.3 Å². The Balaban J connectivity index is 1.67. The van der Waals surface area contributed by atoms with E-state index in [1.165, 1.54) is 25.3 Å². The molecule has 0 aliphatic heterocycles. The van der Waals surface area contributed by atoms with E-state index in [0.717, 1.165) is 19.3 Å². The normalized spacial score (nSPS) is 12.4. The van der Waals surface area contributed by atoms with Gasteiger partial charge >= 0.3 is 5.97 Å². The second kappa shape index (κ2) is 7.38. The molecule has 2 aromatic carbocycles. The van der Waals surface area contributed by atoms with Gasteiger partial charge in [-0.15, -0.1) is 0 Å². The maximum absolute atomic E-state index is 12.3. The van der Waals surface area contributed by atoms with Gasteiger partial charge in [0.25, 0.3) is 0 Å². The number of ether oxygens (including phenoxy) is 3. The third-order valence-electron chi connectivity index (χ3n) is 4.38. The van der Waals surface area contributed by atoms with E-state index in [1.807, 2.05) is 12.1 Å². The molecule has 0 heterocycles. The summed E-state index contributed by atoms with van der Waals surface area (Å²) < 4.78 is 15.5. The zero-order chi connectivity index (χ0) is 17.8. The van der Waals surface area contributed by atoms with Crippen LogP contribution < -0.4 is 9.47 Å². The lowest BCUT2D eigenvalue weighted by atomic mass is 10.0. The van der Waals surface area contributed by atoms with Crippen LogP contribution in [0.2, 0.25) is 0 Å². The fourth-order valence-corrected chi connectivity index (χ4v) is 3.00. The Hall–Kier alpha value is -2.82. The van der Waals surface area contributed by atoms with Gasteiger partial charge in [-0.25, -0.2) is 4.79 Å². The topological polar surface area (TPSA) is 61.8 Å². The molecule has 2 aromatic rings. The van der Waals surface area contributed by atoms with Crippen LogP contribution in [-0.2, 0) is 17.6 Å². The van der Waals surface area contributed by atoms with Crippen LogP contribution >= 0.6 is 0 Å². The summed E-state index contributed by atoms with van der Waals surface area (Å²) in [4.78, 5) is 24.6. The van der Waals surface area contributed by atoms with Gasteiger partial charge in [-0.2, -0.15) is 0 Å². The minimum absolute atomic E-state index is 0.212. The minimum Gasteiger partial charge on any atom is -0.497 e. The quantitative estimate of drug-likeness (QED) is 0.597. The summed E-state index contributed by atoms with van der Waals surface area (Å²) >= 11 is 0. The number of carbonyl (C=O) groups excluding carboxylic acids is 2. The van der Waals surface area contributed by atoms with Gasteiger partial charge < -0.3 is 14.2 Å². The number of Topliss-reactive ketones (excluding diaryl/α,β-unsaturated/α-hetero) is 1. The Labute approximate surface area is 146 Å². The first-order chi connectivity index (χ1) is 12.1. The van der Waals surface area contributed by atoms with Crippen LogP contribution in [0.25, 0.3) is 0 Å². The Morgan fingerprint density at radius 3 is 2.52 bits per heavy atom. The first-order valence-electron chi connectivity index (χ1n) is 8.16. The third-order valence-corrected chi connectivity index (χ3v) is 4.38. The molecule has 0 bridgehead atoms. The molecule has 0 N–H and O–H groups in total. The van der Waals surface area contributed by atoms with Crippen LogP contribution in [0.15, 0.2) is 36.4 Å². The molecule has 0 saturated heterocycles. The number of methoxy groups -OCH3 is 2. The van der Waals surface area contributed by atoms with Gasteiger partial charge in [0, 0.05) is 11.6 Å². The summed E-state index contributed by atoms with van der Waals surface area (Å²) in [6, 6.07) is 10.5. The fraction of sp³-hybridized carbons (Fsp3) is 0.300. The maximum Gasteiger partial charge on any atom is 0.342 e. The molecule has 5 nitrogen and oxygen atoms in total. The number of aryl methyl sites for hydroxylation is 2. The lowest BCUT2D eigenvalue weighted by molar-refractivity contribution is 0.0471. The van der Waals surface area contributed by atoms with Gasteiger partial charge in [-0.1, -0.05) is 12.1 Å². The van der Waals surface area contributed by atoms with E-state index in [1.54, 1.807) is 24.3 Å². The van der Waals surface area contributed by atoms with Crippen LogP contribution in [0, 0.1) is 0 Å². The molecular formula is C20H20O5. The van der Waals surface area contributed by atoms with Crippen LogP contribution in [-0.4, -0.2) is 32.6 Å². The SMILES string of the molecule is COc1ccc(C(=O)OCC(=O)c2ccc3c(c2)CCC3)c(OC)c1. The molecule has 0 aromatic heterocycles. The summed E-state index contributed by atoms with van der Waals surface area (Å²) in [5.74, 6) is 0.0986. The molecule has 5 heteroatoms. The molecular weight excluding hydrogens is 320 g/mol. The van der Waals surface area contributed by atoms with Crippen molar-refractivity contribution in [2.24, 2.45) is 0 Å². The first-order valence-corrected chi connectivity index (χ1v) is 8.16. The second-order valence-electron chi connectivity index (χ2n) is 5.90. The van der Waals surface area contributed by atoms with Crippen molar-refractivity contribution in [2.75, 3.05) is 20.8 Å². The van der Waals surface area contributed by atoms with Crippen molar-refractivity contribution in [1.82, 2.24) is 0 Å². The zero-order valence-electron chi connectivity index (χ0n) is 14.3.